The summed E-state index contributed by atoms with van der Waals surface area (Å²) in [5.74, 6) is -2.09. The molecule has 0 heterocycles. The van der Waals surface area contributed by atoms with Crippen molar-refractivity contribution in [1.82, 2.24) is 0 Å². The van der Waals surface area contributed by atoms with Gasteiger partial charge in [-0.05, 0) is 13.3 Å². The van der Waals surface area contributed by atoms with Crippen LogP contribution in [-0.2, 0) is 29.2 Å². The predicted octanol–water partition coefficient (Wildman–Crippen LogP) is 0.322. The van der Waals surface area contributed by atoms with Crippen LogP contribution in [0.4, 0.5) is 0 Å². The van der Waals surface area contributed by atoms with Gasteiger partial charge in [-0.3, -0.25) is 9.59 Å². The third kappa shape index (κ3) is 16.5. The minimum Gasteiger partial charge on any atom is -0.747 e. The molecule has 0 saturated carbocycles. The molecule has 0 aliphatic rings. The summed E-state index contributed by atoms with van der Waals surface area (Å²) in [5, 5.41) is -2.04. The van der Waals surface area contributed by atoms with Gasteiger partial charge >= 0.3 is 41.5 Å². The largest absolute Gasteiger partial charge is 1.00 e. The zero-order chi connectivity index (χ0) is 19.8. The van der Waals surface area contributed by atoms with Crippen molar-refractivity contribution in [2.24, 2.45) is 0 Å². The summed E-state index contributed by atoms with van der Waals surface area (Å²) in [6.45, 7) is 3.82. The molecule has 0 aliphatic carbocycles. The number of hydrogen-bond acceptors (Lipinski definition) is 7. The van der Waals surface area contributed by atoms with Crippen LogP contribution in [0.5, 0.6) is 0 Å². The predicted molar refractivity (Wildman–Crippen MR) is 97.5 cm³/mol. The Morgan fingerprint density at radius 2 is 1.33 bits per heavy atom. The van der Waals surface area contributed by atoms with Crippen LogP contribution < -0.4 is 29.6 Å². The normalized spacial score (nSPS) is 12.1. The van der Waals surface area contributed by atoms with E-state index in [0.717, 1.165) is 19.3 Å². The summed E-state index contributed by atoms with van der Waals surface area (Å²) < 4.78 is 42.9. The summed E-state index contributed by atoms with van der Waals surface area (Å²) >= 11 is 0. The number of rotatable bonds is 16. The fourth-order valence-electron chi connectivity index (χ4n) is 2.53. The molecule has 0 aliphatic heterocycles. The van der Waals surface area contributed by atoms with E-state index in [0.29, 0.717) is 6.42 Å². The van der Waals surface area contributed by atoms with Crippen molar-refractivity contribution in [2.75, 3.05) is 13.2 Å². The molecule has 0 spiro atoms. The average Bonchev–Trinajstić information content (AvgIpc) is 2.56. The van der Waals surface area contributed by atoms with Crippen LogP contribution in [0.25, 0.3) is 0 Å². The monoisotopic (exact) mass is 416 g/mol. The van der Waals surface area contributed by atoms with E-state index in [1.165, 1.54) is 38.5 Å². The molecule has 0 aromatic carbocycles. The Balaban J connectivity index is 0. The molecule has 0 bridgehead atoms. The zero-order valence-corrected chi connectivity index (χ0v) is 19.9. The van der Waals surface area contributed by atoms with Crippen molar-refractivity contribution in [3.05, 3.63) is 0 Å². The molecule has 1 unspecified atom stereocenters. The second-order valence-electron chi connectivity index (χ2n) is 6.34. The van der Waals surface area contributed by atoms with Gasteiger partial charge in [0, 0.05) is 0 Å². The molecular weight excluding hydrogens is 383 g/mol. The van der Waals surface area contributed by atoms with Crippen molar-refractivity contribution in [1.29, 1.82) is 0 Å². The fourth-order valence-corrected chi connectivity index (χ4v) is 3.17. The molecule has 9 heteroatoms. The van der Waals surface area contributed by atoms with Crippen molar-refractivity contribution in [3.8, 4) is 0 Å². The van der Waals surface area contributed by atoms with Gasteiger partial charge in [0.15, 0.2) is 5.25 Å². The van der Waals surface area contributed by atoms with Crippen LogP contribution in [0, 0.1) is 0 Å². The van der Waals surface area contributed by atoms with E-state index in [-0.39, 0.29) is 42.8 Å². The van der Waals surface area contributed by atoms with E-state index in [2.05, 4.69) is 11.7 Å². The first-order chi connectivity index (χ1) is 12.3. The molecule has 0 fully saturated rings. The van der Waals surface area contributed by atoms with Gasteiger partial charge in [0.25, 0.3) is 0 Å². The van der Waals surface area contributed by atoms with Crippen LogP contribution in [0.1, 0.15) is 84.5 Å². The first kappa shape index (κ1) is 29.1. The molecule has 0 rings (SSSR count). The summed E-state index contributed by atoms with van der Waals surface area (Å²) in [5.41, 5.74) is 0. The molecule has 0 radical (unpaired) electrons. The summed E-state index contributed by atoms with van der Waals surface area (Å²) in [7, 11) is -4.97. The molecule has 0 saturated heterocycles. The Hall–Kier alpha value is -0.150. The average molecular weight is 417 g/mol. The van der Waals surface area contributed by atoms with Gasteiger partial charge in [0.2, 0.25) is 0 Å². The second kappa shape index (κ2) is 17.9. The first-order valence-corrected chi connectivity index (χ1v) is 11.1. The number of ether oxygens (including phenoxy) is 2. The molecule has 27 heavy (non-hydrogen) atoms. The Kier molecular flexibility index (Phi) is 19.3. The van der Waals surface area contributed by atoms with Crippen molar-refractivity contribution in [2.45, 2.75) is 89.7 Å². The molecule has 0 amide bonds. The number of carbonyl (C=O) groups excluding carboxylic acids is 2. The maximum absolute atomic E-state index is 11.8. The molecule has 154 valence electrons. The molecule has 7 nitrogen and oxygen atoms in total. The second-order valence-corrected chi connectivity index (χ2v) is 7.89. The number of carbonyl (C=O) groups is 2. The topological polar surface area (TPSA) is 110 Å². The summed E-state index contributed by atoms with van der Waals surface area (Å²) in [6.07, 6.45) is 10.4. The van der Waals surface area contributed by atoms with Gasteiger partial charge in [0.1, 0.15) is 10.1 Å². The quantitative estimate of drug-likeness (QED) is 0.154. The van der Waals surface area contributed by atoms with Gasteiger partial charge in [-0.1, -0.05) is 64.7 Å². The molecule has 0 aromatic heterocycles. The number of hydrogen-bond donors (Lipinski definition) is 0. The molecule has 1 atom stereocenters. The van der Waals surface area contributed by atoms with Gasteiger partial charge in [-0.2, -0.15) is 0 Å². The van der Waals surface area contributed by atoms with Crippen LogP contribution in [0.15, 0.2) is 0 Å². The number of esters is 2. The minimum absolute atomic E-state index is 0. The summed E-state index contributed by atoms with van der Waals surface area (Å²) in [4.78, 5) is 23.1. The van der Waals surface area contributed by atoms with E-state index < -0.39 is 33.7 Å². The van der Waals surface area contributed by atoms with Crippen LogP contribution in [0.3, 0.4) is 0 Å². The third-order valence-electron chi connectivity index (χ3n) is 4.01. The standard InChI is InChI=1S/C18H34O7S.Na/c1-3-5-6-7-8-9-10-11-12-13-14-25-18(20)16(26(21,22)23)15-17(19)24-4-2;/h16H,3-15H2,1-2H3,(H,21,22,23);/q;+1/p-1. The van der Waals surface area contributed by atoms with Crippen LogP contribution in [-0.4, -0.2) is 43.4 Å². The van der Waals surface area contributed by atoms with Gasteiger partial charge in [-0.25, -0.2) is 8.42 Å². The van der Waals surface area contributed by atoms with E-state index in [1.807, 2.05) is 0 Å². The van der Waals surface area contributed by atoms with E-state index in [4.69, 9.17) is 4.74 Å². The van der Waals surface area contributed by atoms with Crippen molar-refractivity contribution < 1.29 is 61.6 Å². The van der Waals surface area contributed by atoms with Gasteiger partial charge in [-0.15, -0.1) is 0 Å². The number of unbranched alkanes of at least 4 members (excludes halogenated alkanes) is 9. The first-order valence-electron chi connectivity index (χ1n) is 9.59. The Morgan fingerprint density at radius 3 is 1.78 bits per heavy atom. The van der Waals surface area contributed by atoms with Crippen LogP contribution in [0.2, 0.25) is 0 Å². The smallest absolute Gasteiger partial charge is 0.747 e. The van der Waals surface area contributed by atoms with Crippen LogP contribution >= 0.6 is 0 Å². The Morgan fingerprint density at radius 1 is 0.852 bits per heavy atom. The maximum Gasteiger partial charge on any atom is 1.00 e. The Labute approximate surface area is 186 Å². The molecular formula is C18H33NaO7S. The van der Waals surface area contributed by atoms with Gasteiger partial charge < -0.3 is 14.0 Å². The third-order valence-corrected chi connectivity index (χ3v) is 5.07. The maximum atomic E-state index is 11.8. The van der Waals surface area contributed by atoms with E-state index >= 15 is 0 Å². The van der Waals surface area contributed by atoms with E-state index in [1.54, 1.807) is 6.92 Å². The van der Waals surface area contributed by atoms with E-state index in [9.17, 15) is 22.6 Å². The van der Waals surface area contributed by atoms with Gasteiger partial charge in [0.05, 0.1) is 19.6 Å². The Bertz CT molecular complexity index is 494. The van der Waals surface area contributed by atoms with Crippen molar-refractivity contribution in [3.63, 3.8) is 0 Å². The molecule has 0 aromatic rings. The fraction of sp³-hybridized carbons (Fsp3) is 0.889. The SMILES string of the molecule is CCCCCCCCCCCCOC(=O)C(CC(=O)OCC)S(=O)(=O)[O-].[Na+]. The zero-order valence-electron chi connectivity index (χ0n) is 17.0. The molecule has 0 N–H and O–H groups in total. The minimum atomic E-state index is -4.97. The van der Waals surface area contributed by atoms with Crippen molar-refractivity contribution >= 4 is 22.1 Å². The summed E-state index contributed by atoms with van der Waals surface area (Å²) in [6, 6.07) is 0.